The molecule has 3 aliphatic rings. The van der Waals surface area contributed by atoms with Crippen molar-refractivity contribution in [2.24, 2.45) is 17.8 Å². The molecule has 1 N–H and O–H groups in total. The standard InChI is InChI=1S/C31H52O4/c32-31(33)21-12-5-4-11-19-27-28(30-23-22-29(27)35-30)20-13-15-25-34-24-14-6-2-1-3-8-16-26-17-9-7-10-18-26/h1,3-4,11,26-30H,2,5-10,12-25H2,(H,32,33)/b3-1-,11-4-/t27-,28+,29-,30+/m1/s1. The Bertz CT molecular complexity index is 621. The third-order valence-corrected chi connectivity index (χ3v) is 8.55. The summed E-state index contributed by atoms with van der Waals surface area (Å²) >= 11 is 0. The Kier molecular flexibility index (Phi) is 14.1. The van der Waals surface area contributed by atoms with Gasteiger partial charge in [0.15, 0.2) is 0 Å². The van der Waals surface area contributed by atoms with Crippen molar-refractivity contribution in [1.82, 2.24) is 0 Å². The normalized spacial score (nSPS) is 27.0. The van der Waals surface area contributed by atoms with Crippen molar-refractivity contribution in [2.45, 2.75) is 134 Å². The predicted molar refractivity (Wildman–Crippen MR) is 144 cm³/mol. The van der Waals surface area contributed by atoms with Gasteiger partial charge in [-0.25, -0.2) is 0 Å². The van der Waals surface area contributed by atoms with Crippen LogP contribution in [0.15, 0.2) is 24.3 Å². The zero-order valence-electron chi connectivity index (χ0n) is 22.2. The van der Waals surface area contributed by atoms with Crippen LogP contribution in [-0.4, -0.2) is 36.5 Å². The van der Waals surface area contributed by atoms with E-state index >= 15 is 0 Å². The van der Waals surface area contributed by atoms with Gasteiger partial charge < -0.3 is 14.6 Å². The highest BCUT2D eigenvalue weighted by Crippen LogP contribution is 2.47. The van der Waals surface area contributed by atoms with E-state index in [4.69, 9.17) is 14.6 Å². The van der Waals surface area contributed by atoms with Crippen molar-refractivity contribution in [2.75, 3.05) is 13.2 Å². The lowest BCUT2D eigenvalue weighted by molar-refractivity contribution is -0.137. The quantitative estimate of drug-likeness (QED) is 0.147. The average Bonchev–Trinajstić information content (AvgIpc) is 3.47. The Balaban J connectivity index is 1.14. The zero-order valence-corrected chi connectivity index (χ0v) is 22.2. The first-order valence-corrected chi connectivity index (χ1v) is 15.0. The van der Waals surface area contributed by atoms with Crippen LogP contribution in [-0.2, 0) is 14.3 Å². The second kappa shape index (κ2) is 17.3. The third-order valence-electron chi connectivity index (χ3n) is 8.55. The number of hydrogen-bond acceptors (Lipinski definition) is 3. The third kappa shape index (κ3) is 11.2. The molecule has 2 saturated heterocycles. The summed E-state index contributed by atoms with van der Waals surface area (Å²) in [5, 5.41) is 8.74. The summed E-state index contributed by atoms with van der Waals surface area (Å²) in [6, 6.07) is 0. The van der Waals surface area contributed by atoms with Crippen LogP contribution in [0.1, 0.15) is 122 Å². The van der Waals surface area contributed by atoms with Gasteiger partial charge in [0.05, 0.1) is 12.2 Å². The van der Waals surface area contributed by atoms with Crippen LogP contribution < -0.4 is 0 Å². The molecule has 4 nitrogen and oxygen atoms in total. The molecule has 35 heavy (non-hydrogen) atoms. The highest BCUT2D eigenvalue weighted by atomic mass is 16.5. The second-order valence-electron chi connectivity index (χ2n) is 11.3. The number of unbranched alkanes of at least 4 members (excludes halogenated alkanes) is 4. The number of carbonyl (C=O) groups is 1. The summed E-state index contributed by atoms with van der Waals surface area (Å²) < 4.78 is 12.2. The average molecular weight is 489 g/mol. The topological polar surface area (TPSA) is 55.8 Å². The molecular weight excluding hydrogens is 436 g/mol. The van der Waals surface area contributed by atoms with Crippen LogP contribution >= 0.6 is 0 Å². The molecule has 1 saturated carbocycles. The maximum absolute atomic E-state index is 10.6. The molecule has 4 heteroatoms. The Morgan fingerprint density at radius 2 is 1.43 bits per heavy atom. The van der Waals surface area contributed by atoms with Gasteiger partial charge in [-0.3, -0.25) is 4.79 Å². The molecule has 0 unspecified atom stereocenters. The lowest BCUT2D eigenvalue weighted by atomic mass is 9.75. The van der Waals surface area contributed by atoms with Crippen molar-refractivity contribution in [1.29, 1.82) is 0 Å². The first-order valence-electron chi connectivity index (χ1n) is 15.0. The number of fused-ring (bicyclic) bond motifs is 2. The maximum atomic E-state index is 10.6. The van der Waals surface area contributed by atoms with E-state index in [1.54, 1.807) is 0 Å². The maximum Gasteiger partial charge on any atom is 0.303 e. The van der Waals surface area contributed by atoms with Crippen LogP contribution in [0, 0.1) is 17.8 Å². The molecule has 0 radical (unpaired) electrons. The van der Waals surface area contributed by atoms with Gasteiger partial charge in [0.1, 0.15) is 0 Å². The lowest BCUT2D eigenvalue weighted by Gasteiger charge is -2.27. The zero-order chi connectivity index (χ0) is 24.6. The summed E-state index contributed by atoms with van der Waals surface area (Å²) in [6.45, 7) is 1.80. The number of allylic oxidation sites excluding steroid dienone is 4. The molecular formula is C31H52O4. The van der Waals surface area contributed by atoms with Gasteiger partial charge in [-0.1, -0.05) is 62.8 Å². The molecule has 3 fully saturated rings. The summed E-state index contributed by atoms with van der Waals surface area (Å²) in [4.78, 5) is 10.6. The van der Waals surface area contributed by atoms with Crippen molar-refractivity contribution in [3.8, 4) is 0 Å². The monoisotopic (exact) mass is 488 g/mol. The largest absolute Gasteiger partial charge is 0.481 e. The molecule has 2 aliphatic heterocycles. The molecule has 0 aromatic rings. The van der Waals surface area contributed by atoms with E-state index in [0.29, 0.717) is 24.0 Å². The fraction of sp³-hybridized carbons (Fsp3) is 0.839. The fourth-order valence-corrected chi connectivity index (χ4v) is 6.54. The highest BCUT2D eigenvalue weighted by molar-refractivity contribution is 5.66. The molecule has 0 aromatic heterocycles. The fourth-order valence-electron chi connectivity index (χ4n) is 6.54. The van der Waals surface area contributed by atoms with E-state index in [9.17, 15) is 4.79 Å². The van der Waals surface area contributed by atoms with Crippen molar-refractivity contribution < 1.29 is 19.4 Å². The molecule has 2 heterocycles. The number of aliphatic carboxylic acids is 1. The minimum Gasteiger partial charge on any atom is -0.481 e. The van der Waals surface area contributed by atoms with E-state index in [-0.39, 0.29) is 6.42 Å². The molecule has 0 spiro atoms. The van der Waals surface area contributed by atoms with Crippen LogP contribution in [0.5, 0.6) is 0 Å². The summed E-state index contributed by atoms with van der Waals surface area (Å²) in [6.07, 6.45) is 32.9. The smallest absolute Gasteiger partial charge is 0.303 e. The van der Waals surface area contributed by atoms with Crippen LogP contribution in [0.2, 0.25) is 0 Å². The Hall–Kier alpha value is -1.13. The van der Waals surface area contributed by atoms with Gasteiger partial charge >= 0.3 is 5.97 Å². The van der Waals surface area contributed by atoms with E-state index in [1.807, 2.05) is 0 Å². The van der Waals surface area contributed by atoms with Gasteiger partial charge in [0.2, 0.25) is 0 Å². The number of ether oxygens (including phenoxy) is 2. The number of carboxylic acids is 1. The molecule has 1 aliphatic carbocycles. The van der Waals surface area contributed by atoms with Crippen molar-refractivity contribution in [3.05, 3.63) is 24.3 Å². The van der Waals surface area contributed by atoms with Gasteiger partial charge in [0, 0.05) is 19.6 Å². The summed E-state index contributed by atoms with van der Waals surface area (Å²) in [5.74, 6) is 1.66. The first-order chi connectivity index (χ1) is 17.2. The first kappa shape index (κ1) is 28.4. The van der Waals surface area contributed by atoms with Crippen LogP contribution in [0.25, 0.3) is 0 Å². The van der Waals surface area contributed by atoms with Crippen molar-refractivity contribution in [3.63, 3.8) is 0 Å². The van der Waals surface area contributed by atoms with Crippen LogP contribution in [0.3, 0.4) is 0 Å². The highest BCUT2D eigenvalue weighted by Gasteiger charge is 2.47. The summed E-state index contributed by atoms with van der Waals surface area (Å²) in [5.41, 5.74) is 0. The molecule has 4 atom stereocenters. The van der Waals surface area contributed by atoms with E-state index in [2.05, 4.69) is 24.3 Å². The molecule has 3 rings (SSSR count). The molecule has 200 valence electrons. The molecule has 0 aromatic carbocycles. The minimum absolute atomic E-state index is 0.268. The second-order valence-corrected chi connectivity index (χ2v) is 11.3. The Morgan fingerprint density at radius 1 is 0.743 bits per heavy atom. The number of rotatable bonds is 19. The SMILES string of the molecule is O=C(O)CCC/C=C\C[C@@H]1[C@H](CCCCOCCCC/C=C\CCC2CCCCC2)[C@@H]2CC[C@H]1O2. The van der Waals surface area contributed by atoms with Gasteiger partial charge in [0.25, 0.3) is 0 Å². The van der Waals surface area contributed by atoms with E-state index < -0.39 is 5.97 Å². The van der Waals surface area contributed by atoms with Crippen molar-refractivity contribution >= 4 is 5.97 Å². The Morgan fingerprint density at radius 3 is 2.23 bits per heavy atom. The van der Waals surface area contributed by atoms with Gasteiger partial charge in [-0.2, -0.15) is 0 Å². The van der Waals surface area contributed by atoms with E-state index in [0.717, 1.165) is 44.8 Å². The molecule has 0 amide bonds. The Labute approximate surface area is 214 Å². The number of hydrogen-bond donors (Lipinski definition) is 1. The van der Waals surface area contributed by atoms with Crippen LogP contribution in [0.4, 0.5) is 0 Å². The minimum atomic E-state index is -0.698. The molecule has 2 bridgehead atoms. The predicted octanol–water partition coefficient (Wildman–Crippen LogP) is 8.26. The lowest BCUT2D eigenvalue weighted by Crippen LogP contribution is -2.26. The van der Waals surface area contributed by atoms with Gasteiger partial charge in [-0.05, 0) is 94.8 Å². The van der Waals surface area contributed by atoms with Gasteiger partial charge in [-0.15, -0.1) is 0 Å². The summed E-state index contributed by atoms with van der Waals surface area (Å²) in [7, 11) is 0. The number of carboxylic acid groups (broad SMARTS) is 1. The van der Waals surface area contributed by atoms with E-state index in [1.165, 1.54) is 89.9 Å².